The number of aryl methyl sites for hydroxylation is 1. The number of aromatic nitrogens is 4. The number of anilines is 2. The zero-order valence-electron chi connectivity index (χ0n) is 77.0. The van der Waals surface area contributed by atoms with Gasteiger partial charge in [-0.15, -0.1) is 9.41 Å². The van der Waals surface area contributed by atoms with Crippen molar-refractivity contribution < 1.29 is 66.6 Å². The van der Waals surface area contributed by atoms with Gasteiger partial charge in [0, 0.05) is 193 Å². The van der Waals surface area contributed by atoms with Gasteiger partial charge in [0.15, 0.2) is 0 Å². The second-order valence-electron chi connectivity index (χ2n) is 38.5. The number of rotatable bonds is 28. The van der Waals surface area contributed by atoms with Crippen molar-refractivity contribution in [3.05, 3.63) is 235 Å². The number of hydrogen-bond acceptors (Lipinski definition) is 22. The predicted molar refractivity (Wildman–Crippen MR) is 533 cm³/mol. The van der Waals surface area contributed by atoms with Crippen molar-refractivity contribution in [2.45, 2.75) is 144 Å². The van der Waals surface area contributed by atoms with Gasteiger partial charge in [-0.1, -0.05) is 111 Å². The lowest BCUT2D eigenvalue weighted by Crippen LogP contribution is -2.47. The van der Waals surface area contributed by atoms with Crippen molar-refractivity contribution in [2.75, 3.05) is 125 Å². The molecule has 4 N–H and O–H groups in total. The van der Waals surface area contributed by atoms with Crippen molar-refractivity contribution in [3.63, 3.8) is 0 Å². The highest BCUT2D eigenvalue weighted by Gasteiger charge is 2.49. The van der Waals surface area contributed by atoms with Crippen molar-refractivity contribution in [1.29, 1.82) is 0 Å². The number of alkyl halides is 3. The number of carbonyl (C=O) groups excluding carboxylic acids is 2. The first-order valence-electron chi connectivity index (χ1n) is 46.0. The van der Waals surface area contributed by atoms with E-state index in [-0.39, 0.29) is 79.7 Å². The number of nitrogens with one attached hydrogen (secondary N) is 4. The van der Waals surface area contributed by atoms with E-state index in [0.29, 0.717) is 95.0 Å². The molecule has 3 aliphatic carbocycles. The molecular weight excluding hydrogens is 1880 g/mol. The summed E-state index contributed by atoms with van der Waals surface area (Å²) in [6, 6.07) is 39.6. The van der Waals surface area contributed by atoms with E-state index in [1.54, 1.807) is 60.9 Å². The molecule has 0 bridgehead atoms. The van der Waals surface area contributed by atoms with E-state index >= 15 is 0 Å². The molecule has 37 heteroatoms. The maximum absolute atomic E-state index is 14.1. The second kappa shape index (κ2) is 40.7. The summed E-state index contributed by atoms with van der Waals surface area (Å²) in [4.78, 5) is 63.9. The molecule has 724 valence electrons. The molecule has 8 heterocycles. The van der Waals surface area contributed by atoms with Gasteiger partial charge in [0.25, 0.3) is 47.4 Å². The average Bonchev–Trinajstić information content (AvgIpc) is 0.925. The highest BCUT2D eigenvalue weighted by Crippen LogP contribution is 2.47. The minimum Gasteiger partial charge on any atom is -0.455 e. The number of nitrogens with zero attached hydrogens (tertiary/aromatic N) is 10. The minimum atomic E-state index is -6.03. The number of hydrogen-bond donors (Lipinski definition) is 4. The van der Waals surface area contributed by atoms with E-state index in [4.69, 9.17) is 32.7 Å². The molecule has 1 saturated carbocycles. The third-order valence-corrected chi connectivity index (χ3v) is 37.0. The van der Waals surface area contributed by atoms with Gasteiger partial charge in [0.1, 0.15) is 34.3 Å². The first kappa shape index (κ1) is 98.8. The zero-order chi connectivity index (χ0) is 96.4. The normalized spacial score (nSPS) is 20.0. The van der Waals surface area contributed by atoms with Crippen molar-refractivity contribution in [2.24, 2.45) is 31.4 Å². The Kier molecular flexibility index (Phi) is 29.6. The van der Waals surface area contributed by atoms with Gasteiger partial charge in [0.05, 0.1) is 49.2 Å². The van der Waals surface area contributed by atoms with Crippen LogP contribution in [0.5, 0.6) is 23.0 Å². The van der Waals surface area contributed by atoms with Gasteiger partial charge >= 0.3 is 5.51 Å². The van der Waals surface area contributed by atoms with E-state index in [1.807, 2.05) is 49.0 Å². The molecule has 136 heavy (non-hydrogen) atoms. The van der Waals surface area contributed by atoms with Crippen LogP contribution in [-0.2, 0) is 61.9 Å². The molecule has 0 spiro atoms. The standard InChI is InChI=1S/C50H56ClF3N6O7S3.C49H59ClN8O6S2/c1-49(2)19-15-37(44(30-49)34-5-8-38(51)9-6-34)32-59-21-23-60(24-22-59)40-12-14-43(45(28-40)67-41-27-36-16-20-55-47(36)56-31-41)48(61)58-70(65,66)42-13-7-35(46(29-42)69(63,64)50(52,53)54)4-3-33-17-25-68(62,26-18-33)57-39-10-11-39;1-34(32-56-22-24-65(5,51-4)25-23-56)26-36-8-12-42(29-45(36)58(60)61)66(62,63)54-48(59)43-13-11-40(28-46(43)64-41-27-37-15-17-52-47(37)53-31-41)57-20-18-55(19-21-57)33-38-14-16-49(2,3)30-44(38)35-6-9-39(50)10-7-35/h5-9,12-14,16,20,27-29,31,33,39H,3-4,10-11,15,17-19,21-26,30,32H2,1-2H3,(H,55,56)(H,58,61);6-13,15,17,27-29,31,34H,5,14,16,18-26,30,32-33H2,1-4H3,(H,52,53)(H,54,59)/t;34-/m.1/s1. The summed E-state index contributed by atoms with van der Waals surface area (Å²) in [5, 5.41) is 15.3. The molecule has 6 aromatic carbocycles. The lowest BCUT2D eigenvalue weighted by Gasteiger charge is -2.39. The Morgan fingerprint density at radius 3 is 1.52 bits per heavy atom. The van der Waals surface area contributed by atoms with Crippen LogP contribution in [0.25, 0.3) is 33.2 Å². The van der Waals surface area contributed by atoms with Crippen molar-refractivity contribution in [1.82, 2.24) is 44.1 Å². The minimum absolute atomic E-state index is 0.0117. The maximum atomic E-state index is 14.1. The molecule has 7 aliphatic rings. The summed E-state index contributed by atoms with van der Waals surface area (Å²) < 4.78 is 163. The van der Waals surface area contributed by atoms with Gasteiger partial charge in [-0.05, 0) is 225 Å². The van der Waals surface area contributed by atoms with Crippen LogP contribution in [-0.4, -0.2) is 213 Å². The number of nitro groups is 1. The van der Waals surface area contributed by atoms with E-state index in [0.717, 1.165) is 169 Å². The van der Waals surface area contributed by atoms with Gasteiger partial charge in [0.2, 0.25) is 0 Å². The molecule has 27 nitrogen and oxygen atoms in total. The molecule has 17 rings (SSSR count). The highest BCUT2D eigenvalue weighted by molar-refractivity contribution is 8.02. The molecule has 0 radical (unpaired) electrons. The van der Waals surface area contributed by atoms with E-state index in [2.05, 4.69) is 116 Å². The van der Waals surface area contributed by atoms with E-state index < -0.39 is 81.1 Å². The Morgan fingerprint density at radius 1 is 0.610 bits per heavy atom. The number of fused-ring (bicyclic) bond motifs is 2. The number of benzene rings is 6. The lowest BCUT2D eigenvalue weighted by molar-refractivity contribution is -0.385. The number of carbonyl (C=O) groups is 2. The third-order valence-electron chi connectivity index (χ3n) is 27.1. The van der Waals surface area contributed by atoms with Crippen LogP contribution in [0.3, 0.4) is 0 Å². The van der Waals surface area contributed by atoms with Gasteiger partial charge < -0.3 is 34.1 Å². The Morgan fingerprint density at radius 2 is 1.07 bits per heavy atom. The van der Waals surface area contributed by atoms with Gasteiger partial charge in [-0.25, -0.2) is 53.2 Å². The number of sulfonamides is 2. The number of aromatic amines is 2. The van der Waals surface area contributed by atoms with E-state index in [1.165, 1.54) is 64.0 Å². The average molecular weight is 2000 g/mol. The van der Waals surface area contributed by atoms with E-state index in [9.17, 15) is 62.3 Å². The molecule has 10 aromatic rings. The zero-order valence-corrected chi connectivity index (χ0v) is 82.6. The van der Waals surface area contributed by atoms with Gasteiger partial charge in [-0.3, -0.25) is 33.9 Å². The number of H-pyrrole nitrogens is 2. The predicted octanol–water partition coefficient (Wildman–Crippen LogP) is 18.9. The third kappa shape index (κ3) is 24.0. The number of nitro benzene ring substituents is 1. The first-order chi connectivity index (χ1) is 64.6. The van der Waals surface area contributed by atoms with Crippen LogP contribution >= 0.6 is 23.2 Å². The van der Waals surface area contributed by atoms with Crippen LogP contribution in [0.1, 0.15) is 148 Å². The van der Waals surface area contributed by atoms with Crippen molar-refractivity contribution >= 4 is 140 Å². The molecule has 4 aliphatic heterocycles. The molecule has 4 aromatic heterocycles. The van der Waals surface area contributed by atoms with Crippen LogP contribution in [0.4, 0.5) is 30.2 Å². The Balaban J connectivity index is 0.000000198. The fourth-order valence-corrected chi connectivity index (χ4v) is 26.7. The number of ether oxygens (including phenoxy) is 2. The Hall–Kier alpha value is -10.2. The summed E-state index contributed by atoms with van der Waals surface area (Å²) in [5.41, 5.74) is 5.19. The fourth-order valence-electron chi connectivity index (χ4n) is 19.0. The molecular formula is C99H115Cl2F3N14O13S5. The van der Waals surface area contributed by atoms with Gasteiger partial charge in [-0.2, -0.15) is 13.2 Å². The molecule has 0 unspecified atom stereocenters. The number of amides is 2. The number of pyridine rings is 2. The van der Waals surface area contributed by atoms with Crippen LogP contribution in [0.15, 0.2) is 205 Å². The lowest BCUT2D eigenvalue weighted by atomic mass is 9.72. The highest BCUT2D eigenvalue weighted by atomic mass is 35.5. The van der Waals surface area contributed by atoms with Crippen molar-refractivity contribution in [3.8, 4) is 23.0 Å². The largest absolute Gasteiger partial charge is 0.501 e. The molecule has 4 saturated heterocycles. The number of piperazine rings is 2. The molecule has 5 fully saturated rings. The number of allylic oxidation sites excluding steroid dienone is 2. The summed E-state index contributed by atoms with van der Waals surface area (Å²) in [7, 11) is -17.2. The number of sulfone groups is 1. The molecule has 2 amide bonds. The summed E-state index contributed by atoms with van der Waals surface area (Å²) in [6.07, 6.45) is 16.2. The monoisotopic (exact) mass is 1990 g/mol. The number of halogens is 5. The second-order valence-corrected chi connectivity index (χ2v) is 50.4. The smallest absolute Gasteiger partial charge is 0.455 e. The molecule has 1 atom stereocenters. The Bertz CT molecular complexity index is 6890. The topological polar surface area (TPSA) is 338 Å². The summed E-state index contributed by atoms with van der Waals surface area (Å²) >= 11 is 12.5. The summed E-state index contributed by atoms with van der Waals surface area (Å²) in [5.74, 6) is 5.58. The van der Waals surface area contributed by atoms with Crippen LogP contribution in [0.2, 0.25) is 10.0 Å². The SMILES string of the molecule is C=S1(=NC)CCN(C[C@H](C)Cc2ccc(S(=O)(=O)NC(=O)c3ccc(N4CCN(CC5=C(c6ccc(Cl)cc6)CC(C)(C)CC5)CC4)cc3Oc3cnc4[nH]ccc4c3)cc2[N+](=O)[O-])CC1.CC1(C)CCC(CN2CCN(c3ccc(C(=O)NS(=O)(=O)c4ccc(CCC5CCS(=O)(=NC6CC6)CC5)c(S(=O)(=O)C(F)(F)F)c4)c(Oc4cnc5[nH]ccc5c4)c3)CC2)=C(c2ccc(Cl)cc2)C1. The quantitative estimate of drug-likeness (QED) is 0.0201. The first-order valence-corrected chi connectivity index (χ1v) is 55.2. The maximum Gasteiger partial charge on any atom is 0.501 e. The fraction of sp³-hybridized carbons (Fsp3) is 0.424. The summed E-state index contributed by atoms with van der Waals surface area (Å²) in [6.45, 7) is 21.4. The van der Waals surface area contributed by atoms with Crippen LogP contribution in [0, 0.1) is 32.8 Å². The van der Waals surface area contributed by atoms with Crippen LogP contribution < -0.4 is 28.7 Å². The Labute approximate surface area is 803 Å².